The molecule has 0 aliphatic carbocycles. The van der Waals surface area contributed by atoms with Crippen molar-refractivity contribution in [1.29, 1.82) is 0 Å². The van der Waals surface area contributed by atoms with Crippen LogP contribution in [0.15, 0.2) is 18.2 Å². The van der Waals surface area contributed by atoms with Crippen LogP contribution in [-0.2, 0) is 6.42 Å². The summed E-state index contributed by atoms with van der Waals surface area (Å²) in [6, 6.07) is 5.69. The lowest BCUT2D eigenvalue weighted by molar-refractivity contribution is -0.384. The van der Waals surface area contributed by atoms with Crippen LogP contribution in [0.2, 0.25) is 0 Å². The van der Waals surface area contributed by atoms with Crippen molar-refractivity contribution in [2.24, 2.45) is 0 Å². The molecule has 0 unspecified atom stereocenters. The minimum absolute atomic E-state index is 0.112. The molecule has 6 nitrogen and oxygen atoms in total. The second-order valence-corrected chi connectivity index (χ2v) is 6.15. The maximum Gasteiger partial charge on any atom is 0.282 e. The van der Waals surface area contributed by atoms with E-state index >= 15 is 0 Å². The number of nitrogens with zero attached hydrogens (tertiary/aromatic N) is 3. The summed E-state index contributed by atoms with van der Waals surface area (Å²) in [5.41, 5.74) is 1.29. The van der Waals surface area contributed by atoms with Gasteiger partial charge in [-0.3, -0.25) is 10.1 Å². The van der Waals surface area contributed by atoms with Crippen LogP contribution in [0.3, 0.4) is 0 Å². The Morgan fingerprint density at radius 1 is 1.38 bits per heavy atom. The molecule has 7 heteroatoms. The first-order chi connectivity index (χ1) is 9.99. The highest BCUT2D eigenvalue weighted by atomic mass is 32.1. The Morgan fingerprint density at radius 2 is 2.14 bits per heavy atom. The Kier molecular flexibility index (Phi) is 4.98. The molecule has 1 aromatic carbocycles. The zero-order chi connectivity index (χ0) is 15.4. The molecular weight excluding hydrogens is 288 g/mol. The van der Waals surface area contributed by atoms with Gasteiger partial charge in [0, 0.05) is 24.6 Å². The average Bonchev–Trinajstić information content (AvgIpc) is 2.86. The van der Waals surface area contributed by atoms with E-state index in [1.807, 2.05) is 0 Å². The molecule has 2 aromatic rings. The largest absolute Gasteiger partial charge is 0.314 e. The Bertz CT molecular complexity index is 640. The van der Waals surface area contributed by atoms with Crippen molar-refractivity contribution in [3.05, 3.63) is 38.9 Å². The standard InChI is InChI=1S/C14H18N4O2S/c1-9(2)15-8-7-12-16-17-14(21-12)11-6-4-5-10(3)13(11)18(19)20/h4-6,9,15H,7-8H2,1-3H3. The van der Waals surface area contributed by atoms with Crippen molar-refractivity contribution in [2.75, 3.05) is 6.54 Å². The Labute approximate surface area is 127 Å². The molecule has 21 heavy (non-hydrogen) atoms. The van der Waals surface area contributed by atoms with Crippen molar-refractivity contribution >= 4 is 17.0 Å². The van der Waals surface area contributed by atoms with E-state index in [-0.39, 0.29) is 10.6 Å². The third kappa shape index (κ3) is 3.83. The monoisotopic (exact) mass is 306 g/mol. The van der Waals surface area contributed by atoms with Gasteiger partial charge in [0.05, 0.1) is 10.5 Å². The van der Waals surface area contributed by atoms with Gasteiger partial charge in [0.2, 0.25) is 0 Å². The van der Waals surface area contributed by atoms with Gasteiger partial charge in [-0.1, -0.05) is 37.3 Å². The molecule has 0 saturated carbocycles. The molecule has 2 rings (SSSR count). The molecule has 0 spiro atoms. The SMILES string of the molecule is Cc1cccc(-c2nnc(CCNC(C)C)s2)c1[N+](=O)[O-]. The van der Waals surface area contributed by atoms with Gasteiger partial charge >= 0.3 is 0 Å². The van der Waals surface area contributed by atoms with Crippen molar-refractivity contribution < 1.29 is 4.92 Å². The zero-order valence-corrected chi connectivity index (χ0v) is 13.1. The van der Waals surface area contributed by atoms with Gasteiger partial charge in [0.25, 0.3) is 5.69 Å². The van der Waals surface area contributed by atoms with Gasteiger partial charge < -0.3 is 5.32 Å². The number of hydrogen-bond donors (Lipinski definition) is 1. The summed E-state index contributed by atoms with van der Waals surface area (Å²) in [6.07, 6.45) is 0.773. The van der Waals surface area contributed by atoms with Crippen LogP contribution in [-0.4, -0.2) is 27.7 Å². The number of aryl methyl sites for hydroxylation is 1. The maximum atomic E-state index is 11.2. The fraction of sp³-hybridized carbons (Fsp3) is 0.429. The summed E-state index contributed by atoms with van der Waals surface area (Å²) in [6.45, 7) is 6.72. The Balaban J connectivity index is 2.22. The summed E-state index contributed by atoms with van der Waals surface area (Å²) in [4.78, 5) is 10.9. The quantitative estimate of drug-likeness (QED) is 0.655. The van der Waals surface area contributed by atoms with E-state index in [0.717, 1.165) is 18.0 Å². The number of para-hydroxylation sites is 1. The molecule has 1 aromatic heterocycles. The third-order valence-corrected chi connectivity index (χ3v) is 4.03. The van der Waals surface area contributed by atoms with Gasteiger partial charge in [0.15, 0.2) is 5.01 Å². The molecule has 1 heterocycles. The summed E-state index contributed by atoms with van der Waals surface area (Å²) in [5, 5.41) is 24.2. The molecule has 0 aliphatic rings. The molecule has 112 valence electrons. The van der Waals surface area contributed by atoms with Crippen LogP contribution in [0.5, 0.6) is 0 Å². The van der Waals surface area contributed by atoms with Gasteiger partial charge in [0.1, 0.15) is 5.01 Å². The third-order valence-electron chi connectivity index (χ3n) is 3.01. The van der Waals surface area contributed by atoms with Gasteiger partial charge in [-0.25, -0.2) is 0 Å². The molecule has 0 fully saturated rings. The number of benzene rings is 1. The van der Waals surface area contributed by atoms with Crippen LogP contribution >= 0.6 is 11.3 Å². The molecule has 0 amide bonds. The molecule has 1 N–H and O–H groups in total. The maximum absolute atomic E-state index is 11.2. The summed E-state index contributed by atoms with van der Waals surface area (Å²) in [5.74, 6) is 0. The number of aromatic nitrogens is 2. The molecule has 0 radical (unpaired) electrons. The summed E-state index contributed by atoms with van der Waals surface area (Å²) in [7, 11) is 0. The van der Waals surface area contributed by atoms with Crippen LogP contribution in [0.25, 0.3) is 10.6 Å². The summed E-state index contributed by atoms with van der Waals surface area (Å²) >= 11 is 1.41. The number of rotatable bonds is 6. The van der Waals surface area contributed by atoms with E-state index in [9.17, 15) is 10.1 Å². The van der Waals surface area contributed by atoms with Gasteiger partial charge in [-0.15, -0.1) is 10.2 Å². The second-order valence-electron chi connectivity index (χ2n) is 5.09. The number of nitrogens with one attached hydrogen (secondary N) is 1. The van der Waals surface area contributed by atoms with E-state index in [2.05, 4.69) is 29.4 Å². The van der Waals surface area contributed by atoms with E-state index in [1.54, 1.807) is 25.1 Å². The van der Waals surface area contributed by atoms with Crippen molar-refractivity contribution in [3.63, 3.8) is 0 Å². The van der Waals surface area contributed by atoms with Gasteiger partial charge in [-0.05, 0) is 13.0 Å². The molecular formula is C14H18N4O2S. The van der Waals surface area contributed by atoms with E-state index in [4.69, 9.17) is 0 Å². The first kappa shape index (κ1) is 15.5. The fourth-order valence-electron chi connectivity index (χ4n) is 2.01. The lowest BCUT2D eigenvalue weighted by Crippen LogP contribution is -2.24. The molecule has 0 atom stereocenters. The van der Waals surface area contributed by atoms with Crippen molar-refractivity contribution in [2.45, 2.75) is 33.2 Å². The average molecular weight is 306 g/mol. The Hall–Kier alpha value is -1.86. The van der Waals surface area contributed by atoms with Gasteiger partial charge in [-0.2, -0.15) is 0 Å². The highest BCUT2D eigenvalue weighted by Crippen LogP contribution is 2.34. The number of nitro groups is 1. The minimum Gasteiger partial charge on any atom is -0.314 e. The van der Waals surface area contributed by atoms with E-state index < -0.39 is 0 Å². The topological polar surface area (TPSA) is 81.0 Å². The predicted molar refractivity (Wildman–Crippen MR) is 83.6 cm³/mol. The summed E-state index contributed by atoms with van der Waals surface area (Å²) < 4.78 is 0. The molecule has 0 aliphatic heterocycles. The fourth-order valence-corrected chi connectivity index (χ4v) is 2.87. The van der Waals surface area contributed by atoms with Crippen LogP contribution < -0.4 is 5.32 Å². The molecule has 0 bridgehead atoms. The van der Waals surface area contributed by atoms with Crippen LogP contribution in [0, 0.1) is 17.0 Å². The highest BCUT2D eigenvalue weighted by Gasteiger charge is 2.21. The zero-order valence-electron chi connectivity index (χ0n) is 12.3. The first-order valence-electron chi connectivity index (χ1n) is 6.79. The second kappa shape index (κ2) is 6.73. The lowest BCUT2D eigenvalue weighted by Gasteiger charge is -2.05. The van der Waals surface area contributed by atoms with Crippen LogP contribution in [0.4, 0.5) is 5.69 Å². The minimum atomic E-state index is -0.355. The number of nitro benzene ring substituents is 1. The highest BCUT2D eigenvalue weighted by molar-refractivity contribution is 7.14. The normalized spacial score (nSPS) is 11.0. The number of hydrogen-bond acceptors (Lipinski definition) is 6. The smallest absolute Gasteiger partial charge is 0.282 e. The Morgan fingerprint density at radius 3 is 2.81 bits per heavy atom. The lowest BCUT2D eigenvalue weighted by atomic mass is 10.1. The van der Waals surface area contributed by atoms with E-state index in [1.165, 1.54) is 11.3 Å². The van der Waals surface area contributed by atoms with Crippen molar-refractivity contribution in [1.82, 2.24) is 15.5 Å². The van der Waals surface area contributed by atoms with Crippen molar-refractivity contribution in [3.8, 4) is 10.6 Å². The first-order valence-corrected chi connectivity index (χ1v) is 7.61. The van der Waals surface area contributed by atoms with E-state index in [0.29, 0.717) is 22.2 Å². The van der Waals surface area contributed by atoms with Crippen LogP contribution in [0.1, 0.15) is 24.4 Å². The molecule has 0 saturated heterocycles. The predicted octanol–water partition coefficient (Wildman–Crippen LogP) is 2.96.